The van der Waals surface area contributed by atoms with Crippen LogP contribution in [0.4, 0.5) is 0 Å². The van der Waals surface area contributed by atoms with E-state index in [1.807, 2.05) is 6.08 Å². The number of H-pyrrole nitrogens is 1. The summed E-state index contributed by atoms with van der Waals surface area (Å²) in [5, 5.41) is 0. The van der Waals surface area contributed by atoms with E-state index in [1.165, 1.54) is 0 Å². The van der Waals surface area contributed by atoms with Crippen LogP contribution in [0.25, 0.3) is 6.08 Å². The van der Waals surface area contributed by atoms with Gasteiger partial charge >= 0.3 is 0 Å². The van der Waals surface area contributed by atoms with Crippen LogP contribution in [0, 0.1) is 0 Å². The first-order chi connectivity index (χ1) is 5.38. The Bertz CT molecular complexity index is 354. The van der Waals surface area contributed by atoms with E-state index in [0.29, 0.717) is 0 Å². The van der Waals surface area contributed by atoms with Gasteiger partial charge < -0.3 is 4.98 Å². The first kappa shape index (κ1) is 9.26. The zero-order valence-electron chi connectivity index (χ0n) is 6.54. The number of pyridine rings is 1. The Kier molecular flexibility index (Phi) is 2.87. The van der Waals surface area contributed by atoms with E-state index in [0.717, 1.165) is 24.1 Å². The summed E-state index contributed by atoms with van der Waals surface area (Å²) in [5.74, 6) is 0. The van der Waals surface area contributed by atoms with Gasteiger partial charge in [-0.05, 0) is 18.9 Å². The number of fused-ring (bicyclic) bond motifs is 1. The van der Waals surface area contributed by atoms with Gasteiger partial charge in [0.05, 0.1) is 0 Å². The van der Waals surface area contributed by atoms with Gasteiger partial charge in [0, 0.05) is 23.5 Å². The fraction of sp³-hybridized carbons (Fsp3) is 0.222. The van der Waals surface area contributed by atoms with Crippen molar-refractivity contribution >= 4 is 23.1 Å². The molecule has 0 atom stereocenters. The maximum absolute atomic E-state index is 11.2. The Balaban J connectivity index is 0.000000720. The summed E-state index contributed by atoms with van der Waals surface area (Å²) in [4.78, 5) is 14.3. The van der Waals surface area contributed by atoms with Gasteiger partial charge in [-0.1, -0.05) is 6.08 Å². The van der Waals surface area contributed by atoms with Gasteiger partial charge in [0.15, 0.2) is 5.43 Å². The third kappa shape index (κ3) is 1.50. The van der Waals surface area contributed by atoms with E-state index >= 15 is 0 Å². The number of nitrogens with one attached hydrogen (secondary N) is 1. The first-order valence-corrected chi connectivity index (χ1v) is 3.75. The third-order valence-electron chi connectivity index (χ3n) is 1.94. The van der Waals surface area contributed by atoms with Gasteiger partial charge in [0.2, 0.25) is 0 Å². The zero-order chi connectivity index (χ0) is 7.68. The maximum atomic E-state index is 11.2. The number of aromatic amines is 1. The Morgan fingerprint density at radius 2 is 2.25 bits per heavy atom. The van der Waals surface area contributed by atoms with Crippen molar-refractivity contribution in [3.8, 4) is 0 Å². The Morgan fingerprint density at radius 3 is 3.00 bits per heavy atom. The molecule has 1 aromatic rings. The number of rotatable bonds is 0. The molecule has 0 aromatic carbocycles. The summed E-state index contributed by atoms with van der Waals surface area (Å²) in [6.45, 7) is 0. The highest BCUT2D eigenvalue weighted by atomic mass is 79.9. The highest BCUT2D eigenvalue weighted by Gasteiger charge is 2.06. The fourth-order valence-electron chi connectivity index (χ4n) is 1.36. The molecular weight excluding hydrogens is 218 g/mol. The molecule has 12 heavy (non-hydrogen) atoms. The van der Waals surface area contributed by atoms with Crippen LogP contribution in [0.2, 0.25) is 0 Å². The molecule has 0 saturated heterocycles. The molecule has 2 nitrogen and oxygen atoms in total. The second kappa shape index (κ2) is 3.72. The monoisotopic (exact) mass is 227 g/mol. The molecule has 1 aromatic heterocycles. The normalized spacial score (nSPS) is 13.3. The molecule has 1 heterocycles. The van der Waals surface area contributed by atoms with Gasteiger partial charge in [0.25, 0.3) is 0 Å². The van der Waals surface area contributed by atoms with E-state index < -0.39 is 0 Å². The number of allylic oxidation sites excluding steroid dienone is 1. The van der Waals surface area contributed by atoms with Gasteiger partial charge in [-0.2, -0.15) is 0 Å². The molecule has 1 N–H and O–H groups in total. The van der Waals surface area contributed by atoms with E-state index in [1.54, 1.807) is 12.3 Å². The van der Waals surface area contributed by atoms with E-state index in [2.05, 4.69) is 11.1 Å². The van der Waals surface area contributed by atoms with Crippen LogP contribution in [-0.2, 0) is 6.42 Å². The molecule has 0 radical (unpaired) electrons. The predicted octanol–water partition coefficient (Wildman–Crippen LogP) is 1.91. The van der Waals surface area contributed by atoms with Crippen LogP contribution in [0.1, 0.15) is 17.7 Å². The molecule has 0 bridgehead atoms. The number of hydrogen-bond donors (Lipinski definition) is 1. The lowest BCUT2D eigenvalue weighted by molar-refractivity contribution is 0.951. The van der Waals surface area contributed by atoms with Crippen molar-refractivity contribution in [3.05, 3.63) is 39.8 Å². The maximum Gasteiger partial charge on any atom is 0.185 e. The minimum Gasteiger partial charge on any atom is -0.361 e. The second-order valence-electron chi connectivity index (χ2n) is 2.68. The van der Waals surface area contributed by atoms with Crippen LogP contribution < -0.4 is 5.43 Å². The second-order valence-corrected chi connectivity index (χ2v) is 2.68. The van der Waals surface area contributed by atoms with Crippen LogP contribution in [0.5, 0.6) is 0 Å². The van der Waals surface area contributed by atoms with Crippen molar-refractivity contribution in [3.63, 3.8) is 0 Å². The summed E-state index contributed by atoms with van der Waals surface area (Å²) < 4.78 is 0. The molecular formula is C9H10BrNO. The van der Waals surface area contributed by atoms with Crippen LogP contribution >= 0.6 is 17.0 Å². The summed E-state index contributed by atoms with van der Waals surface area (Å²) in [5.41, 5.74) is 2.06. The van der Waals surface area contributed by atoms with Crippen LogP contribution in [0.15, 0.2) is 23.1 Å². The van der Waals surface area contributed by atoms with Gasteiger partial charge in [-0.3, -0.25) is 4.79 Å². The van der Waals surface area contributed by atoms with Gasteiger partial charge in [-0.15, -0.1) is 17.0 Å². The van der Waals surface area contributed by atoms with E-state index in [4.69, 9.17) is 0 Å². The summed E-state index contributed by atoms with van der Waals surface area (Å²) in [7, 11) is 0. The van der Waals surface area contributed by atoms with Crippen LogP contribution in [0.3, 0.4) is 0 Å². The van der Waals surface area contributed by atoms with Crippen molar-refractivity contribution in [2.24, 2.45) is 0 Å². The van der Waals surface area contributed by atoms with Crippen molar-refractivity contribution in [1.29, 1.82) is 0 Å². The Morgan fingerprint density at radius 1 is 1.42 bits per heavy atom. The molecule has 64 valence electrons. The molecule has 0 fully saturated rings. The van der Waals surface area contributed by atoms with Crippen molar-refractivity contribution < 1.29 is 0 Å². The van der Waals surface area contributed by atoms with Crippen molar-refractivity contribution in [2.45, 2.75) is 12.8 Å². The average molecular weight is 228 g/mol. The minimum absolute atomic E-state index is 0. The number of halogens is 1. The lowest BCUT2D eigenvalue weighted by atomic mass is 10.0. The average Bonchev–Trinajstić information content (AvgIpc) is 2.06. The molecule has 0 spiro atoms. The zero-order valence-corrected chi connectivity index (χ0v) is 8.25. The number of hydrogen-bond acceptors (Lipinski definition) is 1. The standard InChI is InChI=1S/C9H9NO.BrH/c11-9-5-6-10-8-4-2-1-3-7(8)9;/h2,4-6H,1,3H2,(H,10,11);1H. The predicted molar refractivity (Wildman–Crippen MR) is 54.7 cm³/mol. The van der Waals surface area contributed by atoms with Crippen molar-refractivity contribution in [2.75, 3.05) is 0 Å². The Labute approximate surface area is 81.1 Å². The van der Waals surface area contributed by atoms with Gasteiger partial charge in [-0.25, -0.2) is 0 Å². The molecule has 0 unspecified atom stereocenters. The number of aromatic nitrogens is 1. The molecule has 3 heteroatoms. The quantitative estimate of drug-likeness (QED) is 0.722. The summed E-state index contributed by atoms with van der Waals surface area (Å²) in [6.07, 6.45) is 7.61. The first-order valence-electron chi connectivity index (χ1n) is 3.75. The lowest BCUT2D eigenvalue weighted by Gasteiger charge is -2.07. The molecule has 0 amide bonds. The fourth-order valence-corrected chi connectivity index (χ4v) is 1.36. The highest BCUT2D eigenvalue weighted by Crippen LogP contribution is 2.11. The molecule has 1 aliphatic carbocycles. The van der Waals surface area contributed by atoms with Gasteiger partial charge in [0.1, 0.15) is 0 Å². The summed E-state index contributed by atoms with van der Waals surface area (Å²) >= 11 is 0. The summed E-state index contributed by atoms with van der Waals surface area (Å²) in [6, 6.07) is 1.58. The van der Waals surface area contributed by atoms with Crippen molar-refractivity contribution in [1.82, 2.24) is 4.98 Å². The lowest BCUT2D eigenvalue weighted by Crippen LogP contribution is -2.12. The third-order valence-corrected chi connectivity index (χ3v) is 1.94. The largest absolute Gasteiger partial charge is 0.361 e. The minimum atomic E-state index is 0. The molecule has 2 rings (SSSR count). The topological polar surface area (TPSA) is 32.9 Å². The molecule has 0 saturated carbocycles. The smallest absolute Gasteiger partial charge is 0.185 e. The van der Waals surface area contributed by atoms with E-state index in [9.17, 15) is 4.79 Å². The molecule has 0 aliphatic heterocycles. The SMILES string of the molecule is Br.O=c1cc[nH]c2c1CCC=C2. The Hall–Kier alpha value is -0.830. The van der Waals surface area contributed by atoms with Crippen LogP contribution in [-0.4, -0.2) is 4.98 Å². The molecule has 1 aliphatic rings. The van der Waals surface area contributed by atoms with E-state index in [-0.39, 0.29) is 22.4 Å². The highest BCUT2D eigenvalue weighted by molar-refractivity contribution is 8.93.